The summed E-state index contributed by atoms with van der Waals surface area (Å²) in [6.07, 6.45) is 1.18. The van der Waals surface area contributed by atoms with Crippen LogP contribution in [0.1, 0.15) is 6.42 Å². The van der Waals surface area contributed by atoms with Gasteiger partial charge in [0, 0.05) is 13.0 Å². The van der Waals surface area contributed by atoms with Crippen molar-refractivity contribution in [1.29, 1.82) is 0 Å². The molecule has 0 spiro atoms. The van der Waals surface area contributed by atoms with E-state index in [-0.39, 0.29) is 18.9 Å². The molecule has 19 heavy (non-hydrogen) atoms. The van der Waals surface area contributed by atoms with Crippen molar-refractivity contribution in [3.05, 3.63) is 24.6 Å². The molecule has 8 heteroatoms. The zero-order valence-electron chi connectivity index (χ0n) is 9.81. The van der Waals surface area contributed by atoms with Gasteiger partial charge in [0.25, 0.3) is 0 Å². The Morgan fingerprint density at radius 1 is 1.42 bits per heavy atom. The second-order valence-electron chi connectivity index (χ2n) is 4.40. The number of oxazole rings is 1. The maximum Gasteiger partial charge on any atom is 0.228 e. The largest absolute Gasteiger partial charge is 0.443 e. The second kappa shape index (κ2) is 4.04. The van der Waals surface area contributed by atoms with Crippen LogP contribution in [0.15, 0.2) is 29.0 Å². The third-order valence-electron chi connectivity index (χ3n) is 3.18. The van der Waals surface area contributed by atoms with Crippen LogP contribution < -0.4 is 10.0 Å². The molecule has 0 radical (unpaired) electrons. The van der Waals surface area contributed by atoms with E-state index in [1.54, 1.807) is 18.2 Å². The molecule has 1 aromatic heterocycles. The molecule has 0 saturated carbocycles. The Hall–Kier alpha value is -1.93. The molecule has 1 fully saturated rings. The molecule has 1 amide bonds. The summed E-state index contributed by atoms with van der Waals surface area (Å²) in [5.74, 6) is -0.283. The van der Waals surface area contributed by atoms with Gasteiger partial charge in [0.05, 0.1) is 5.69 Å². The van der Waals surface area contributed by atoms with Crippen LogP contribution in [0.4, 0.5) is 5.69 Å². The molecule has 3 rings (SSSR count). The third-order valence-corrected chi connectivity index (χ3v) is 4.43. The quantitative estimate of drug-likeness (QED) is 0.847. The molecular formula is C11H11N3O4S. The highest BCUT2D eigenvalue weighted by Crippen LogP contribution is 2.30. The van der Waals surface area contributed by atoms with E-state index in [2.05, 4.69) is 4.98 Å². The van der Waals surface area contributed by atoms with Crippen LogP contribution in [0.25, 0.3) is 11.1 Å². The van der Waals surface area contributed by atoms with Gasteiger partial charge in [-0.25, -0.2) is 18.5 Å². The molecule has 0 bridgehead atoms. The maximum absolute atomic E-state index is 11.9. The van der Waals surface area contributed by atoms with Crippen LogP contribution in [0.3, 0.4) is 0 Å². The van der Waals surface area contributed by atoms with Gasteiger partial charge in [-0.3, -0.25) is 4.79 Å². The predicted molar refractivity (Wildman–Crippen MR) is 67.9 cm³/mol. The van der Waals surface area contributed by atoms with Crippen molar-refractivity contribution in [3.8, 4) is 0 Å². The van der Waals surface area contributed by atoms with Gasteiger partial charge in [-0.15, -0.1) is 0 Å². The summed E-state index contributed by atoms with van der Waals surface area (Å²) >= 11 is 0. The summed E-state index contributed by atoms with van der Waals surface area (Å²) in [5, 5.41) is 4.22. The van der Waals surface area contributed by atoms with Crippen LogP contribution in [-0.4, -0.2) is 31.1 Å². The van der Waals surface area contributed by atoms with E-state index in [4.69, 9.17) is 9.56 Å². The fourth-order valence-electron chi connectivity index (χ4n) is 2.22. The van der Waals surface area contributed by atoms with E-state index >= 15 is 0 Å². The van der Waals surface area contributed by atoms with Crippen LogP contribution in [0.2, 0.25) is 0 Å². The number of hydrogen-bond donors (Lipinski definition) is 1. The van der Waals surface area contributed by atoms with Crippen molar-refractivity contribution in [2.24, 2.45) is 5.14 Å². The van der Waals surface area contributed by atoms with Crippen molar-refractivity contribution < 1.29 is 17.6 Å². The fourth-order valence-corrected chi connectivity index (χ4v) is 2.95. The number of anilines is 1. The minimum Gasteiger partial charge on any atom is -0.443 e. The van der Waals surface area contributed by atoms with Crippen molar-refractivity contribution in [2.45, 2.75) is 11.7 Å². The minimum atomic E-state index is -3.72. The Bertz CT molecular complexity index is 752. The average molecular weight is 281 g/mol. The van der Waals surface area contributed by atoms with Crippen molar-refractivity contribution in [1.82, 2.24) is 4.98 Å². The molecule has 1 aliphatic heterocycles. The number of carbonyl (C=O) groups excluding carboxylic acids is 1. The number of rotatable bonds is 2. The number of benzene rings is 1. The van der Waals surface area contributed by atoms with E-state index < -0.39 is 15.3 Å². The van der Waals surface area contributed by atoms with Crippen molar-refractivity contribution in [2.75, 3.05) is 11.4 Å². The first-order chi connectivity index (χ1) is 8.97. The van der Waals surface area contributed by atoms with Gasteiger partial charge in [0.2, 0.25) is 15.9 Å². The lowest BCUT2D eigenvalue weighted by Gasteiger charge is -2.16. The lowest BCUT2D eigenvalue weighted by Crippen LogP contribution is -2.32. The summed E-state index contributed by atoms with van der Waals surface area (Å²) in [6.45, 7) is 0.0453. The number of sulfonamides is 1. The van der Waals surface area contributed by atoms with Crippen LogP contribution in [-0.2, 0) is 14.8 Å². The maximum atomic E-state index is 11.9. The Labute approximate surface area is 109 Å². The highest BCUT2D eigenvalue weighted by Gasteiger charge is 2.37. The van der Waals surface area contributed by atoms with Gasteiger partial charge in [0.1, 0.15) is 10.8 Å². The van der Waals surface area contributed by atoms with E-state index in [0.717, 1.165) is 0 Å². The van der Waals surface area contributed by atoms with Gasteiger partial charge in [-0.2, -0.15) is 0 Å². The van der Waals surface area contributed by atoms with Crippen LogP contribution in [0, 0.1) is 0 Å². The number of carbonyl (C=O) groups is 1. The first-order valence-corrected chi connectivity index (χ1v) is 7.22. The molecule has 2 N–H and O–H groups in total. The zero-order valence-corrected chi connectivity index (χ0v) is 10.6. The third kappa shape index (κ3) is 1.98. The average Bonchev–Trinajstić information content (AvgIpc) is 2.93. The fraction of sp³-hybridized carbons (Fsp3) is 0.273. The smallest absolute Gasteiger partial charge is 0.228 e. The molecule has 1 unspecified atom stereocenters. The van der Waals surface area contributed by atoms with E-state index in [9.17, 15) is 13.2 Å². The van der Waals surface area contributed by atoms with E-state index in [0.29, 0.717) is 16.8 Å². The summed E-state index contributed by atoms with van der Waals surface area (Å²) in [7, 11) is -3.72. The second-order valence-corrected chi connectivity index (χ2v) is 6.24. The Morgan fingerprint density at radius 3 is 2.89 bits per heavy atom. The molecule has 2 heterocycles. The zero-order chi connectivity index (χ0) is 13.6. The van der Waals surface area contributed by atoms with Gasteiger partial charge in [-0.05, 0) is 12.1 Å². The van der Waals surface area contributed by atoms with Crippen molar-refractivity contribution in [3.63, 3.8) is 0 Å². The van der Waals surface area contributed by atoms with Gasteiger partial charge >= 0.3 is 0 Å². The number of para-hydroxylation sites is 1. The van der Waals surface area contributed by atoms with E-state index in [1.165, 1.54) is 11.3 Å². The highest BCUT2D eigenvalue weighted by molar-refractivity contribution is 7.89. The summed E-state index contributed by atoms with van der Waals surface area (Å²) in [6, 6.07) is 5.15. The topological polar surface area (TPSA) is 106 Å². The first-order valence-electron chi connectivity index (χ1n) is 5.61. The van der Waals surface area contributed by atoms with E-state index in [1.807, 2.05) is 0 Å². The van der Waals surface area contributed by atoms with Crippen LogP contribution >= 0.6 is 0 Å². The lowest BCUT2D eigenvalue weighted by atomic mass is 10.2. The number of hydrogen-bond acceptors (Lipinski definition) is 5. The molecular weight excluding hydrogens is 270 g/mol. The molecule has 100 valence electrons. The normalized spacial score (nSPS) is 20.4. The number of aromatic nitrogens is 1. The molecule has 1 atom stereocenters. The molecule has 1 saturated heterocycles. The summed E-state index contributed by atoms with van der Waals surface area (Å²) < 4.78 is 27.8. The van der Waals surface area contributed by atoms with Gasteiger partial charge < -0.3 is 9.32 Å². The Balaban J connectivity index is 2.04. The number of amides is 1. The molecule has 2 aromatic rings. The number of primary sulfonamides is 1. The summed E-state index contributed by atoms with van der Waals surface area (Å²) in [4.78, 5) is 17.4. The Morgan fingerprint density at radius 2 is 2.21 bits per heavy atom. The predicted octanol–water partition coefficient (Wildman–Crippen LogP) is 0.222. The monoisotopic (exact) mass is 281 g/mol. The minimum absolute atomic E-state index is 0.0453. The number of fused-ring (bicyclic) bond motifs is 1. The molecule has 1 aliphatic rings. The van der Waals surface area contributed by atoms with Gasteiger partial charge in [0.15, 0.2) is 12.0 Å². The lowest BCUT2D eigenvalue weighted by molar-refractivity contribution is -0.117. The summed E-state index contributed by atoms with van der Waals surface area (Å²) in [5.41, 5.74) is 1.62. The molecule has 1 aromatic carbocycles. The SMILES string of the molecule is NS(=O)(=O)C1CC(=O)N(c2cccc3ocnc23)C1. The van der Waals surface area contributed by atoms with Gasteiger partial charge in [-0.1, -0.05) is 6.07 Å². The number of nitrogens with zero attached hydrogens (tertiary/aromatic N) is 2. The highest BCUT2D eigenvalue weighted by atomic mass is 32.2. The standard InChI is InChI=1S/C11H11N3O4S/c12-19(16,17)7-4-10(15)14(5-7)8-2-1-3-9-11(8)13-6-18-9/h1-3,6-7H,4-5H2,(H2,12,16,17). The Kier molecular flexibility index (Phi) is 2.58. The van der Waals surface area contributed by atoms with Crippen LogP contribution in [0.5, 0.6) is 0 Å². The molecule has 7 nitrogen and oxygen atoms in total. The van der Waals surface area contributed by atoms with Crippen molar-refractivity contribution >= 4 is 32.7 Å². The first kappa shape index (κ1) is 12.1. The number of nitrogens with two attached hydrogens (primary N) is 1. The molecule has 0 aliphatic carbocycles.